The van der Waals surface area contributed by atoms with Gasteiger partial charge in [0, 0.05) is 40.2 Å². The fourth-order valence-electron chi connectivity index (χ4n) is 6.80. The van der Waals surface area contributed by atoms with E-state index in [1.54, 1.807) is 12.1 Å². The largest absolute Gasteiger partial charge is 0.336 e. The Hall–Kier alpha value is -4.35. The number of aryl methyl sites for hydroxylation is 2. The summed E-state index contributed by atoms with van der Waals surface area (Å²) in [6, 6.07) is 32.6. The minimum Gasteiger partial charge on any atom is -0.336 e. The van der Waals surface area contributed by atoms with Gasteiger partial charge in [0.25, 0.3) is 10.0 Å². The van der Waals surface area contributed by atoms with Crippen LogP contribution in [-0.2, 0) is 23.0 Å². The molecule has 0 saturated carbocycles. The van der Waals surface area contributed by atoms with Crippen molar-refractivity contribution in [1.29, 1.82) is 0 Å². The Morgan fingerprint density at radius 1 is 0.750 bits per heavy atom. The third-order valence-electron chi connectivity index (χ3n) is 8.63. The lowest BCUT2D eigenvalue weighted by molar-refractivity contribution is 0.589. The summed E-state index contributed by atoms with van der Waals surface area (Å²) in [6.45, 7) is 2.76. The smallest absolute Gasteiger partial charge is 0.268 e. The number of nitrogens with zero attached hydrogens (tertiary/aromatic N) is 2. The summed E-state index contributed by atoms with van der Waals surface area (Å²) in [5.74, 6) is 0. The Bertz CT molecular complexity index is 2130. The van der Waals surface area contributed by atoms with E-state index < -0.39 is 10.0 Å². The van der Waals surface area contributed by atoms with Crippen LogP contribution in [-0.4, -0.2) is 17.0 Å². The Morgan fingerprint density at radius 2 is 1.50 bits per heavy atom. The van der Waals surface area contributed by atoms with Crippen LogP contribution in [0.5, 0.6) is 0 Å². The van der Waals surface area contributed by atoms with Crippen molar-refractivity contribution in [2.75, 3.05) is 0 Å². The summed E-state index contributed by atoms with van der Waals surface area (Å²) in [5.41, 5.74) is 11.6. The molecule has 40 heavy (non-hydrogen) atoms. The predicted molar refractivity (Wildman–Crippen MR) is 162 cm³/mol. The normalized spacial score (nSPS) is 14.8. The average molecular weight is 541 g/mol. The van der Waals surface area contributed by atoms with E-state index in [0.717, 1.165) is 53.6 Å². The van der Waals surface area contributed by atoms with Crippen LogP contribution < -0.4 is 0 Å². The van der Waals surface area contributed by atoms with Crippen LogP contribution in [0.25, 0.3) is 33.0 Å². The van der Waals surface area contributed by atoms with Gasteiger partial charge in [-0.25, -0.2) is 12.4 Å². The van der Waals surface area contributed by atoms with Crippen molar-refractivity contribution in [3.05, 3.63) is 137 Å². The zero-order chi connectivity index (χ0) is 27.0. The molecule has 4 nitrogen and oxygen atoms in total. The fraction of sp³-hybridized carbons (Fsp3) is 0.143. The van der Waals surface area contributed by atoms with Crippen molar-refractivity contribution in [2.45, 2.75) is 37.6 Å². The molecule has 0 fully saturated rings. The predicted octanol–water partition coefficient (Wildman–Crippen LogP) is 7.80. The third kappa shape index (κ3) is 3.34. The Morgan fingerprint density at radius 3 is 2.35 bits per heavy atom. The second kappa shape index (κ2) is 8.57. The van der Waals surface area contributed by atoms with Gasteiger partial charge < -0.3 is 4.57 Å². The highest BCUT2D eigenvalue weighted by atomic mass is 32.2. The van der Waals surface area contributed by atoms with Gasteiger partial charge in [-0.05, 0) is 78.8 Å². The molecule has 2 aromatic heterocycles. The molecule has 0 N–H and O–H groups in total. The zero-order valence-electron chi connectivity index (χ0n) is 22.3. The SMILES string of the molecule is Cc1ccc(S(=O)(=O)n2cc(C3=C4CCCc5cccc(c54)Cn4c3cc3ccccc34)c3ccccc32)cc1. The highest BCUT2D eigenvalue weighted by Gasteiger charge is 2.31. The van der Waals surface area contributed by atoms with Crippen LogP contribution in [0.15, 0.2) is 108 Å². The molecule has 0 spiro atoms. The number of fused-ring (bicyclic) bond motifs is 4. The van der Waals surface area contributed by atoms with Gasteiger partial charge in [-0.1, -0.05) is 72.3 Å². The summed E-state index contributed by atoms with van der Waals surface area (Å²) in [6.07, 6.45) is 4.98. The van der Waals surface area contributed by atoms with E-state index in [2.05, 4.69) is 59.2 Å². The van der Waals surface area contributed by atoms with Crippen molar-refractivity contribution >= 4 is 43.0 Å². The minimum absolute atomic E-state index is 0.295. The van der Waals surface area contributed by atoms with E-state index in [4.69, 9.17) is 0 Å². The summed E-state index contributed by atoms with van der Waals surface area (Å²) in [7, 11) is -3.80. The molecule has 0 atom stereocenters. The van der Waals surface area contributed by atoms with Gasteiger partial charge in [0.1, 0.15) is 0 Å². The van der Waals surface area contributed by atoms with Crippen LogP contribution in [0.4, 0.5) is 0 Å². The topological polar surface area (TPSA) is 44.0 Å². The molecule has 1 aliphatic heterocycles. The first-order valence-electron chi connectivity index (χ1n) is 13.9. The van der Waals surface area contributed by atoms with Crippen LogP contribution >= 0.6 is 0 Å². The average Bonchev–Trinajstić information content (AvgIpc) is 3.50. The zero-order valence-corrected chi connectivity index (χ0v) is 23.1. The molecule has 0 saturated heterocycles. The Labute approximate surface area is 233 Å². The summed E-state index contributed by atoms with van der Waals surface area (Å²) in [4.78, 5) is 0.295. The van der Waals surface area contributed by atoms with Crippen molar-refractivity contribution in [3.63, 3.8) is 0 Å². The molecule has 0 unspecified atom stereocenters. The minimum atomic E-state index is -3.80. The Balaban J connectivity index is 1.49. The Kier molecular flexibility index (Phi) is 5.04. The summed E-state index contributed by atoms with van der Waals surface area (Å²) in [5, 5.41) is 2.14. The van der Waals surface area contributed by atoms with E-state index in [9.17, 15) is 8.42 Å². The van der Waals surface area contributed by atoms with Gasteiger partial charge in [0.2, 0.25) is 0 Å². The molecular formula is C35H28N2O2S. The van der Waals surface area contributed by atoms with E-state index in [0.29, 0.717) is 10.4 Å². The number of rotatable bonds is 3. The molecule has 4 aromatic carbocycles. The number of hydrogen-bond acceptors (Lipinski definition) is 2. The lowest BCUT2D eigenvalue weighted by atomic mass is 9.80. The maximum atomic E-state index is 14.1. The fourth-order valence-corrected chi connectivity index (χ4v) is 8.17. The number of aromatic nitrogens is 2. The highest BCUT2D eigenvalue weighted by molar-refractivity contribution is 7.90. The molecular weight excluding hydrogens is 512 g/mol. The highest BCUT2D eigenvalue weighted by Crippen LogP contribution is 2.47. The van der Waals surface area contributed by atoms with Gasteiger partial charge in [-0.2, -0.15) is 0 Å². The van der Waals surface area contributed by atoms with E-state index in [1.165, 1.54) is 37.1 Å². The molecule has 0 bridgehead atoms. The maximum Gasteiger partial charge on any atom is 0.268 e. The van der Waals surface area contributed by atoms with Crippen molar-refractivity contribution in [2.24, 2.45) is 0 Å². The summed E-state index contributed by atoms with van der Waals surface area (Å²) < 4.78 is 32.0. The molecule has 1 aliphatic carbocycles. The first-order chi connectivity index (χ1) is 19.5. The summed E-state index contributed by atoms with van der Waals surface area (Å²) >= 11 is 0. The number of para-hydroxylation sites is 2. The molecule has 0 amide bonds. The molecule has 3 heterocycles. The monoisotopic (exact) mass is 540 g/mol. The van der Waals surface area contributed by atoms with Gasteiger partial charge in [0.15, 0.2) is 0 Å². The van der Waals surface area contributed by atoms with Crippen LogP contribution in [0, 0.1) is 6.92 Å². The van der Waals surface area contributed by atoms with Crippen LogP contribution in [0.1, 0.15) is 46.4 Å². The third-order valence-corrected chi connectivity index (χ3v) is 10.3. The van der Waals surface area contributed by atoms with Gasteiger partial charge in [-0.15, -0.1) is 0 Å². The first kappa shape index (κ1) is 23.5. The lowest BCUT2D eigenvalue weighted by Gasteiger charge is -2.23. The number of hydrogen-bond donors (Lipinski definition) is 0. The van der Waals surface area contributed by atoms with Crippen LogP contribution in [0.3, 0.4) is 0 Å². The van der Waals surface area contributed by atoms with Crippen molar-refractivity contribution in [3.8, 4) is 0 Å². The maximum absolute atomic E-state index is 14.1. The molecule has 0 radical (unpaired) electrons. The lowest BCUT2D eigenvalue weighted by Crippen LogP contribution is -2.12. The quantitative estimate of drug-likeness (QED) is 0.230. The van der Waals surface area contributed by atoms with Gasteiger partial charge in [-0.3, -0.25) is 0 Å². The van der Waals surface area contributed by atoms with E-state index in [1.807, 2.05) is 43.5 Å². The van der Waals surface area contributed by atoms with Gasteiger partial charge in [0.05, 0.1) is 16.1 Å². The molecule has 2 aliphatic rings. The number of benzene rings is 4. The standard InChI is InChI=1S/C35H28N2O2S/c1-23-16-18-27(19-17-23)40(38,39)37-22-30(28-12-3-5-15-32(28)37)35-29-13-7-10-24-9-6-11-26(34(24)29)21-36-31-14-4-2-8-25(31)20-33(35)36/h2-6,8-9,11-12,14-20,22H,7,10,13,21H2,1H3. The van der Waals surface area contributed by atoms with Crippen LogP contribution in [0.2, 0.25) is 0 Å². The van der Waals surface area contributed by atoms with E-state index >= 15 is 0 Å². The molecule has 6 aromatic rings. The number of allylic oxidation sites excluding steroid dienone is 1. The van der Waals surface area contributed by atoms with E-state index in [-0.39, 0.29) is 0 Å². The van der Waals surface area contributed by atoms with Crippen molar-refractivity contribution < 1.29 is 8.42 Å². The van der Waals surface area contributed by atoms with Crippen molar-refractivity contribution in [1.82, 2.24) is 8.54 Å². The second-order valence-electron chi connectivity index (χ2n) is 11.0. The molecule has 8 rings (SSSR count). The molecule has 5 heteroatoms. The first-order valence-corrected chi connectivity index (χ1v) is 15.3. The molecule has 196 valence electrons. The second-order valence-corrected chi connectivity index (χ2v) is 12.8. The van der Waals surface area contributed by atoms with Gasteiger partial charge >= 0.3 is 0 Å².